The second-order valence-electron chi connectivity index (χ2n) is 5.13. The lowest BCUT2D eigenvalue weighted by Crippen LogP contribution is -2.44. The van der Waals surface area contributed by atoms with E-state index >= 15 is 0 Å². The van der Waals surface area contributed by atoms with Gasteiger partial charge in [0, 0.05) is 18.3 Å². The molecule has 0 unspecified atom stereocenters. The molecule has 0 aliphatic rings. The molecule has 102 valence electrons. The average molecular weight is 270 g/mol. The molecule has 0 saturated heterocycles. The molecule has 0 fully saturated rings. The van der Waals surface area contributed by atoms with Gasteiger partial charge in [0.2, 0.25) is 10.0 Å². The number of hydrogen-bond donors (Lipinski definition) is 1. The standard InChI is InChI=1S/C13H22N2O2S/c1-5-13(2,3)15(4)18(16,17)10-11-6-8-12(14)9-7-11/h6-9H,5,10,14H2,1-4H3. The summed E-state index contributed by atoms with van der Waals surface area (Å²) in [4.78, 5) is 0. The Labute approximate surface area is 110 Å². The number of benzene rings is 1. The molecule has 0 bridgehead atoms. The van der Waals surface area contributed by atoms with Crippen LogP contribution in [0, 0.1) is 0 Å². The van der Waals surface area contributed by atoms with E-state index in [9.17, 15) is 8.42 Å². The molecule has 18 heavy (non-hydrogen) atoms. The van der Waals surface area contributed by atoms with Gasteiger partial charge in [-0.25, -0.2) is 8.42 Å². The van der Waals surface area contributed by atoms with Crippen molar-refractivity contribution in [1.82, 2.24) is 4.31 Å². The molecule has 1 rings (SSSR count). The smallest absolute Gasteiger partial charge is 0.218 e. The lowest BCUT2D eigenvalue weighted by molar-refractivity contribution is 0.257. The topological polar surface area (TPSA) is 63.4 Å². The molecule has 0 heterocycles. The van der Waals surface area contributed by atoms with Crippen LogP contribution in [0.5, 0.6) is 0 Å². The van der Waals surface area contributed by atoms with E-state index in [4.69, 9.17) is 5.73 Å². The summed E-state index contributed by atoms with van der Waals surface area (Å²) in [6.45, 7) is 5.83. The molecule has 0 saturated carbocycles. The van der Waals surface area contributed by atoms with Crippen LogP contribution in [0.4, 0.5) is 5.69 Å². The van der Waals surface area contributed by atoms with Crippen molar-refractivity contribution < 1.29 is 8.42 Å². The molecule has 0 amide bonds. The van der Waals surface area contributed by atoms with E-state index in [0.717, 1.165) is 12.0 Å². The van der Waals surface area contributed by atoms with Crippen LogP contribution in [0.1, 0.15) is 32.8 Å². The minimum Gasteiger partial charge on any atom is -0.399 e. The molecule has 0 aromatic heterocycles. The Morgan fingerprint density at radius 1 is 1.22 bits per heavy atom. The fraction of sp³-hybridized carbons (Fsp3) is 0.538. The second-order valence-corrected chi connectivity index (χ2v) is 7.13. The Balaban J connectivity index is 2.92. The van der Waals surface area contributed by atoms with Gasteiger partial charge in [0.1, 0.15) is 0 Å². The molecule has 1 aromatic rings. The molecule has 0 aliphatic carbocycles. The van der Waals surface area contributed by atoms with Crippen molar-refractivity contribution >= 4 is 15.7 Å². The van der Waals surface area contributed by atoms with Crippen LogP contribution in [0.25, 0.3) is 0 Å². The lowest BCUT2D eigenvalue weighted by Gasteiger charge is -2.33. The highest BCUT2D eigenvalue weighted by Gasteiger charge is 2.31. The quantitative estimate of drug-likeness (QED) is 0.834. The van der Waals surface area contributed by atoms with Gasteiger partial charge in [-0.3, -0.25) is 0 Å². The fourth-order valence-electron chi connectivity index (χ4n) is 1.52. The zero-order valence-electron chi connectivity index (χ0n) is 11.5. The first-order valence-corrected chi connectivity index (χ1v) is 7.61. The highest BCUT2D eigenvalue weighted by molar-refractivity contribution is 7.88. The minimum atomic E-state index is -3.30. The van der Waals surface area contributed by atoms with Crippen molar-refractivity contribution in [2.45, 2.75) is 38.5 Å². The Kier molecular flexibility index (Phi) is 4.40. The van der Waals surface area contributed by atoms with Crippen molar-refractivity contribution in [3.8, 4) is 0 Å². The van der Waals surface area contributed by atoms with Crippen LogP contribution in [-0.4, -0.2) is 25.3 Å². The summed E-state index contributed by atoms with van der Waals surface area (Å²) in [5.41, 5.74) is 6.60. The number of nitrogen functional groups attached to an aromatic ring is 1. The van der Waals surface area contributed by atoms with Gasteiger partial charge in [-0.15, -0.1) is 0 Å². The van der Waals surface area contributed by atoms with Gasteiger partial charge in [0.25, 0.3) is 0 Å². The van der Waals surface area contributed by atoms with Crippen LogP contribution in [0.15, 0.2) is 24.3 Å². The van der Waals surface area contributed by atoms with Crippen LogP contribution >= 0.6 is 0 Å². The largest absolute Gasteiger partial charge is 0.399 e. The number of anilines is 1. The van der Waals surface area contributed by atoms with Crippen molar-refractivity contribution in [3.63, 3.8) is 0 Å². The van der Waals surface area contributed by atoms with Gasteiger partial charge in [-0.1, -0.05) is 19.1 Å². The van der Waals surface area contributed by atoms with E-state index < -0.39 is 10.0 Å². The first kappa shape index (κ1) is 15.0. The van der Waals surface area contributed by atoms with Gasteiger partial charge in [-0.05, 0) is 38.0 Å². The molecule has 1 aromatic carbocycles. The molecule has 5 heteroatoms. The number of rotatable bonds is 5. The number of sulfonamides is 1. The third-order valence-electron chi connectivity index (χ3n) is 3.46. The maximum absolute atomic E-state index is 12.3. The summed E-state index contributed by atoms with van der Waals surface area (Å²) < 4.78 is 26.0. The summed E-state index contributed by atoms with van der Waals surface area (Å²) in [6, 6.07) is 6.94. The van der Waals surface area contributed by atoms with Crippen molar-refractivity contribution in [3.05, 3.63) is 29.8 Å². The van der Waals surface area contributed by atoms with Crippen LogP contribution in [0.2, 0.25) is 0 Å². The predicted molar refractivity (Wildman–Crippen MR) is 75.6 cm³/mol. The Morgan fingerprint density at radius 2 is 1.72 bits per heavy atom. The zero-order chi connectivity index (χ0) is 14.0. The van der Waals surface area contributed by atoms with Gasteiger partial charge < -0.3 is 5.73 Å². The molecular formula is C13H22N2O2S. The maximum Gasteiger partial charge on any atom is 0.218 e. The van der Waals surface area contributed by atoms with E-state index in [1.54, 1.807) is 31.3 Å². The molecule has 4 nitrogen and oxygen atoms in total. The lowest BCUT2D eigenvalue weighted by atomic mass is 10.0. The monoisotopic (exact) mass is 270 g/mol. The number of nitrogens with two attached hydrogens (primary N) is 1. The zero-order valence-corrected chi connectivity index (χ0v) is 12.3. The molecule has 0 atom stereocenters. The summed E-state index contributed by atoms with van der Waals surface area (Å²) >= 11 is 0. The average Bonchev–Trinajstić information content (AvgIpc) is 2.31. The molecular weight excluding hydrogens is 248 g/mol. The highest BCUT2D eigenvalue weighted by atomic mass is 32.2. The van der Waals surface area contributed by atoms with Crippen molar-refractivity contribution in [1.29, 1.82) is 0 Å². The molecule has 0 radical (unpaired) electrons. The second kappa shape index (κ2) is 5.28. The molecule has 0 aliphatic heterocycles. The van der Waals surface area contributed by atoms with Crippen LogP contribution < -0.4 is 5.73 Å². The van der Waals surface area contributed by atoms with E-state index in [0.29, 0.717) is 5.69 Å². The maximum atomic E-state index is 12.3. The minimum absolute atomic E-state index is 0.00715. The summed E-state index contributed by atoms with van der Waals surface area (Å²) in [6.07, 6.45) is 0.768. The Morgan fingerprint density at radius 3 is 2.17 bits per heavy atom. The highest BCUT2D eigenvalue weighted by Crippen LogP contribution is 2.22. The van der Waals surface area contributed by atoms with E-state index in [1.165, 1.54) is 4.31 Å². The third kappa shape index (κ3) is 3.46. The van der Waals surface area contributed by atoms with Crippen LogP contribution in [0.3, 0.4) is 0 Å². The summed E-state index contributed by atoms with van der Waals surface area (Å²) in [7, 11) is -1.67. The molecule has 0 spiro atoms. The van der Waals surface area contributed by atoms with E-state index in [2.05, 4.69) is 0 Å². The number of nitrogens with zero attached hydrogens (tertiary/aromatic N) is 1. The first-order chi connectivity index (χ1) is 8.19. The van der Waals surface area contributed by atoms with Gasteiger partial charge in [0.05, 0.1) is 5.75 Å². The Hall–Kier alpha value is -1.07. The Bertz CT molecular complexity index is 492. The number of hydrogen-bond acceptors (Lipinski definition) is 3. The van der Waals surface area contributed by atoms with E-state index in [1.807, 2.05) is 20.8 Å². The van der Waals surface area contributed by atoms with Gasteiger partial charge >= 0.3 is 0 Å². The van der Waals surface area contributed by atoms with Crippen molar-refractivity contribution in [2.24, 2.45) is 0 Å². The summed E-state index contributed by atoms with van der Waals surface area (Å²) in [5.74, 6) is 0.00715. The fourth-order valence-corrected chi connectivity index (χ4v) is 3.21. The SMILES string of the molecule is CCC(C)(C)N(C)S(=O)(=O)Cc1ccc(N)cc1. The van der Waals surface area contributed by atoms with Gasteiger partial charge in [-0.2, -0.15) is 4.31 Å². The van der Waals surface area contributed by atoms with Crippen LogP contribution in [-0.2, 0) is 15.8 Å². The van der Waals surface area contributed by atoms with E-state index in [-0.39, 0.29) is 11.3 Å². The predicted octanol–water partition coefficient (Wildman–Crippen LogP) is 2.22. The third-order valence-corrected chi connectivity index (χ3v) is 5.49. The summed E-state index contributed by atoms with van der Waals surface area (Å²) in [5, 5.41) is 0. The first-order valence-electron chi connectivity index (χ1n) is 6.00. The normalized spacial score (nSPS) is 12.9. The van der Waals surface area contributed by atoms with Crippen molar-refractivity contribution in [2.75, 3.05) is 12.8 Å². The molecule has 2 N–H and O–H groups in total. The van der Waals surface area contributed by atoms with Gasteiger partial charge in [0.15, 0.2) is 0 Å².